The maximum atomic E-state index is 6.14. The predicted molar refractivity (Wildman–Crippen MR) is 83.8 cm³/mol. The summed E-state index contributed by atoms with van der Waals surface area (Å²) < 4.78 is 2.95. The molecule has 1 unspecified atom stereocenters. The van der Waals surface area contributed by atoms with Gasteiger partial charge >= 0.3 is 0 Å². The summed E-state index contributed by atoms with van der Waals surface area (Å²) >= 11 is 17.7. The van der Waals surface area contributed by atoms with Crippen LogP contribution in [0.25, 0.3) is 11.0 Å². The number of hydrogen-bond acceptors (Lipinski definition) is 1. The number of hydrogen-bond donors (Lipinski definition) is 1. The van der Waals surface area contributed by atoms with Crippen molar-refractivity contribution in [3.8, 4) is 0 Å². The van der Waals surface area contributed by atoms with Crippen molar-refractivity contribution in [3.05, 3.63) is 26.9 Å². The number of H-pyrrole nitrogens is 1. The SMILES string of the molecule is CC(C1CCCC1)n1c(=S)[nH]c2cc(Cl)c(Cl)cc21. The van der Waals surface area contributed by atoms with Gasteiger partial charge in [-0.2, -0.15) is 0 Å². The normalized spacial score (nSPS) is 18.3. The van der Waals surface area contributed by atoms with E-state index in [2.05, 4.69) is 16.5 Å². The van der Waals surface area contributed by atoms with Gasteiger partial charge in [0, 0.05) is 6.04 Å². The Labute approximate surface area is 127 Å². The lowest BCUT2D eigenvalue weighted by Gasteiger charge is -2.21. The molecule has 0 saturated heterocycles. The van der Waals surface area contributed by atoms with Gasteiger partial charge in [-0.1, -0.05) is 36.0 Å². The van der Waals surface area contributed by atoms with E-state index in [9.17, 15) is 0 Å². The van der Waals surface area contributed by atoms with E-state index in [4.69, 9.17) is 35.4 Å². The Morgan fingerprint density at radius 2 is 1.89 bits per heavy atom. The first-order chi connectivity index (χ1) is 9.08. The quantitative estimate of drug-likeness (QED) is 0.699. The topological polar surface area (TPSA) is 20.7 Å². The van der Waals surface area contributed by atoms with Gasteiger partial charge in [0.25, 0.3) is 0 Å². The van der Waals surface area contributed by atoms with Crippen LogP contribution >= 0.6 is 35.4 Å². The number of nitrogens with zero attached hydrogens (tertiary/aromatic N) is 1. The van der Waals surface area contributed by atoms with E-state index in [-0.39, 0.29) is 0 Å². The Balaban J connectivity index is 2.14. The second kappa shape index (κ2) is 5.12. The third-order valence-electron chi connectivity index (χ3n) is 4.25. The van der Waals surface area contributed by atoms with Crippen LogP contribution in [0.2, 0.25) is 10.0 Å². The fraction of sp³-hybridized carbons (Fsp3) is 0.500. The van der Waals surface area contributed by atoms with E-state index in [1.54, 1.807) is 0 Å². The summed E-state index contributed by atoms with van der Waals surface area (Å²) in [6.07, 6.45) is 5.24. The number of imidazole rings is 1. The van der Waals surface area contributed by atoms with Gasteiger partial charge in [-0.05, 0) is 50.0 Å². The van der Waals surface area contributed by atoms with Gasteiger partial charge < -0.3 is 9.55 Å². The van der Waals surface area contributed by atoms with Crippen molar-refractivity contribution < 1.29 is 0 Å². The summed E-state index contributed by atoms with van der Waals surface area (Å²) in [5.74, 6) is 0.708. The molecular weight excluding hydrogens is 299 g/mol. The highest BCUT2D eigenvalue weighted by Crippen LogP contribution is 2.37. The molecule has 0 amide bonds. The first-order valence-corrected chi connectivity index (χ1v) is 7.83. The Hall–Kier alpha value is -0.510. The van der Waals surface area contributed by atoms with Crippen LogP contribution in [0, 0.1) is 10.7 Å². The van der Waals surface area contributed by atoms with Gasteiger partial charge in [-0.25, -0.2) is 0 Å². The second-order valence-electron chi connectivity index (χ2n) is 5.37. The molecule has 0 spiro atoms. The molecule has 0 bridgehead atoms. The predicted octanol–water partition coefficient (Wildman–Crippen LogP) is 5.76. The summed E-state index contributed by atoms with van der Waals surface area (Å²) in [6, 6.07) is 4.17. The van der Waals surface area contributed by atoms with Crippen LogP contribution < -0.4 is 0 Å². The maximum absolute atomic E-state index is 6.14. The first-order valence-electron chi connectivity index (χ1n) is 6.67. The second-order valence-corrected chi connectivity index (χ2v) is 6.57. The molecule has 1 atom stereocenters. The van der Waals surface area contributed by atoms with Crippen molar-refractivity contribution in [2.75, 3.05) is 0 Å². The molecule has 102 valence electrons. The molecule has 0 radical (unpaired) electrons. The smallest absolute Gasteiger partial charge is 0.178 e. The number of aromatic nitrogens is 2. The number of halogens is 2. The monoisotopic (exact) mass is 314 g/mol. The van der Waals surface area contributed by atoms with Crippen molar-refractivity contribution in [1.29, 1.82) is 0 Å². The zero-order valence-corrected chi connectivity index (χ0v) is 13.1. The van der Waals surface area contributed by atoms with Crippen LogP contribution in [0.1, 0.15) is 38.6 Å². The van der Waals surface area contributed by atoms with Crippen LogP contribution in [-0.2, 0) is 0 Å². The van der Waals surface area contributed by atoms with Crippen LogP contribution in [0.4, 0.5) is 0 Å². The minimum absolute atomic E-state index is 0.404. The largest absolute Gasteiger partial charge is 0.331 e. The van der Waals surface area contributed by atoms with Crippen LogP contribution in [-0.4, -0.2) is 9.55 Å². The number of rotatable bonds is 2. The Morgan fingerprint density at radius 1 is 1.26 bits per heavy atom. The molecule has 1 aliphatic rings. The van der Waals surface area contributed by atoms with Crippen molar-refractivity contribution in [2.24, 2.45) is 5.92 Å². The average molecular weight is 315 g/mol. The van der Waals surface area contributed by atoms with Gasteiger partial charge in [-0.3, -0.25) is 0 Å². The minimum Gasteiger partial charge on any atom is -0.331 e. The number of aromatic amines is 1. The fourth-order valence-electron chi connectivity index (χ4n) is 3.18. The van der Waals surface area contributed by atoms with Gasteiger partial charge in [-0.15, -0.1) is 0 Å². The first kappa shape index (κ1) is 13.5. The Kier molecular flexibility index (Phi) is 3.63. The van der Waals surface area contributed by atoms with Crippen LogP contribution in [0.15, 0.2) is 12.1 Å². The Bertz CT molecular complexity index is 668. The molecule has 2 aromatic rings. The third kappa shape index (κ3) is 2.32. The molecule has 1 saturated carbocycles. The van der Waals surface area contributed by atoms with Crippen molar-refractivity contribution in [2.45, 2.75) is 38.6 Å². The van der Waals surface area contributed by atoms with E-state index in [0.29, 0.717) is 22.0 Å². The minimum atomic E-state index is 0.404. The molecule has 1 aliphatic carbocycles. The zero-order chi connectivity index (χ0) is 13.6. The third-order valence-corrected chi connectivity index (χ3v) is 5.27. The van der Waals surface area contributed by atoms with Gasteiger partial charge in [0.1, 0.15) is 0 Å². The molecule has 0 aliphatic heterocycles. The molecule has 2 nitrogen and oxygen atoms in total. The summed E-state index contributed by atoms with van der Waals surface area (Å²) in [4.78, 5) is 3.23. The molecule has 1 N–H and O–H groups in total. The molecule has 5 heteroatoms. The standard InChI is InChI=1S/C14H16Cl2N2S/c1-8(9-4-2-3-5-9)18-13-7-11(16)10(15)6-12(13)17-14(18)19/h6-9H,2-5H2,1H3,(H,17,19). The van der Waals surface area contributed by atoms with Crippen molar-refractivity contribution in [3.63, 3.8) is 0 Å². The highest BCUT2D eigenvalue weighted by molar-refractivity contribution is 7.71. The highest BCUT2D eigenvalue weighted by Gasteiger charge is 2.24. The van der Waals surface area contributed by atoms with Crippen LogP contribution in [0.3, 0.4) is 0 Å². The number of nitrogens with one attached hydrogen (secondary N) is 1. The fourth-order valence-corrected chi connectivity index (χ4v) is 3.87. The van der Waals surface area contributed by atoms with Crippen molar-refractivity contribution >= 4 is 46.5 Å². The molecule has 19 heavy (non-hydrogen) atoms. The lowest BCUT2D eigenvalue weighted by atomic mass is 9.99. The molecule has 1 aromatic carbocycles. The van der Waals surface area contributed by atoms with E-state index >= 15 is 0 Å². The van der Waals surface area contributed by atoms with Gasteiger partial charge in [0.15, 0.2) is 4.77 Å². The van der Waals surface area contributed by atoms with E-state index in [0.717, 1.165) is 15.8 Å². The van der Waals surface area contributed by atoms with E-state index < -0.39 is 0 Å². The van der Waals surface area contributed by atoms with Gasteiger partial charge in [0.05, 0.1) is 21.1 Å². The summed E-state index contributed by atoms with van der Waals surface area (Å²) in [5.41, 5.74) is 2.02. The average Bonchev–Trinajstić information content (AvgIpc) is 2.97. The highest BCUT2D eigenvalue weighted by atomic mass is 35.5. The molecule has 1 aromatic heterocycles. The lowest BCUT2D eigenvalue weighted by Crippen LogP contribution is -2.14. The van der Waals surface area contributed by atoms with E-state index in [1.807, 2.05) is 12.1 Å². The maximum Gasteiger partial charge on any atom is 0.178 e. The summed E-state index contributed by atoms with van der Waals surface area (Å²) in [5, 5.41) is 1.14. The summed E-state index contributed by atoms with van der Waals surface area (Å²) in [6.45, 7) is 2.25. The van der Waals surface area contributed by atoms with E-state index in [1.165, 1.54) is 25.7 Å². The lowest BCUT2D eigenvalue weighted by molar-refractivity contribution is 0.365. The summed E-state index contributed by atoms with van der Waals surface area (Å²) in [7, 11) is 0. The van der Waals surface area contributed by atoms with Gasteiger partial charge in [0.2, 0.25) is 0 Å². The zero-order valence-electron chi connectivity index (χ0n) is 10.7. The Morgan fingerprint density at radius 3 is 2.58 bits per heavy atom. The molecule has 1 heterocycles. The number of benzene rings is 1. The van der Waals surface area contributed by atoms with Crippen LogP contribution in [0.5, 0.6) is 0 Å². The number of fused-ring (bicyclic) bond motifs is 1. The molecule has 3 rings (SSSR count). The molecule has 1 fully saturated rings. The molecular formula is C14H16Cl2N2S. The van der Waals surface area contributed by atoms with Crippen molar-refractivity contribution in [1.82, 2.24) is 9.55 Å².